The van der Waals surface area contributed by atoms with Crippen LogP contribution in [0.1, 0.15) is 27.8 Å². The summed E-state index contributed by atoms with van der Waals surface area (Å²) in [5.41, 5.74) is 3.91. The summed E-state index contributed by atoms with van der Waals surface area (Å²) in [6.07, 6.45) is 5.63. The zero-order chi connectivity index (χ0) is 21.6. The highest BCUT2D eigenvalue weighted by Gasteiger charge is 2.12. The van der Waals surface area contributed by atoms with Gasteiger partial charge in [0.05, 0.1) is 14.2 Å². The third-order valence-electron chi connectivity index (χ3n) is 4.56. The van der Waals surface area contributed by atoms with Crippen LogP contribution in [0.5, 0.6) is 23.0 Å². The lowest BCUT2D eigenvalue weighted by Gasteiger charge is -2.06. The van der Waals surface area contributed by atoms with Crippen LogP contribution in [0.2, 0.25) is 0 Å². The zero-order valence-corrected chi connectivity index (χ0v) is 17.1. The number of hydrogen-bond acceptors (Lipinski definition) is 4. The minimum absolute atomic E-state index is 0.235. The number of benzene rings is 3. The quantitative estimate of drug-likeness (QED) is 0.598. The van der Waals surface area contributed by atoms with Crippen molar-refractivity contribution in [2.24, 2.45) is 0 Å². The van der Waals surface area contributed by atoms with Crippen molar-refractivity contribution in [1.82, 2.24) is 0 Å². The van der Waals surface area contributed by atoms with Gasteiger partial charge in [0.25, 0.3) is 0 Å². The molecule has 0 N–H and O–H groups in total. The number of fused-ring (bicyclic) bond motifs is 1. The van der Waals surface area contributed by atoms with Gasteiger partial charge >= 0.3 is 0 Å². The molecule has 31 heavy (non-hydrogen) atoms. The third kappa shape index (κ3) is 4.59. The van der Waals surface area contributed by atoms with E-state index in [1.807, 2.05) is 54.6 Å². The summed E-state index contributed by atoms with van der Waals surface area (Å²) in [7, 11) is 3.19. The summed E-state index contributed by atoms with van der Waals surface area (Å²) in [5.74, 6) is 18.0. The van der Waals surface area contributed by atoms with Crippen LogP contribution in [0.4, 0.5) is 0 Å². The fourth-order valence-electron chi connectivity index (χ4n) is 3.03. The average molecular weight is 406 g/mol. The summed E-state index contributed by atoms with van der Waals surface area (Å²) < 4.78 is 21.3. The molecule has 3 aromatic rings. The average Bonchev–Trinajstić information content (AvgIpc) is 3.29. The Morgan fingerprint density at radius 2 is 1.23 bits per heavy atom. The number of ether oxygens (including phenoxy) is 4. The van der Waals surface area contributed by atoms with Gasteiger partial charge in [-0.2, -0.15) is 0 Å². The predicted octanol–water partition coefficient (Wildman–Crippen LogP) is 4.21. The molecule has 0 radical (unpaired) electrons. The van der Waals surface area contributed by atoms with Crippen LogP contribution in [0.15, 0.2) is 54.6 Å². The lowest BCUT2D eigenvalue weighted by molar-refractivity contribution is 0.174. The van der Waals surface area contributed by atoms with Gasteiger partial charge in [0, 0.05) is 27.8 Å². The molecule has 0 saturated heterocycles. The topological polar surface area (TPSA) is 36.9 Å². The first kappa shape index (κ1) is 19.8. The SMILES string of the molecule is C#Cc1cc(C#Cc2ccc(OC)c(OC)c2)cc(C#Cc2ccc3c(c2)OCO3)c1. The number of terminal acetylenes is 1. The van der Waals surface area contributed by atoms with E-state index in [2.05, 4.69) is 29.6 Å². The highest BCUT2D eigenvalue weighted by atomic mass is 16.7. The maximum atomic E-state index is 5.63. The molecule has 0 unspecified atom stereocenters. The van der Waals surface area contributed by atoms with E-state index < -0.39 is 0 Å². The van der Waals surface area contributed by atoms with Crippen LogP contribution in [0, 0.1) is 36.0 Å². The molecule has 0 fully saturated rings. The van der Waals surface area contributed by atoms with Gasteiger partial charge in [-0.3, -0.25) is 0 Å². The Morgan fingerprint density at radius 3 is 1.90 bits per heavy atom. The van der Waals surface area contributed by atoms with E-state index in [-0.39, 0.29) is 6.79 Å². The second-order valence-electron chi connectivity index (χ2n) is 6.58. The summed E-state index contributed by atoms with van der Waals surface area (Å²) in [4.78, 5) is 0. The highest BCUT2D eigenvalue weighted by Crippen LogP contribution is 2.32. The van der Waals surface area contributed by atoms with Gasteiger partial charge in [-0.05, 0) is 54.6 Å². The van der Waals surface area contributed by atoms with Gasteiger partial charge in [0.1, 0.15) is 0 Å². The van der Waals surface area contributed by atoms with E-state index >= 15 is 0 Å². The second kappa shape index (κ2) is 8.91. The van der Waals surface area contributed by atoms with Crippen molar-refractivity contribution in [3.8, 4) is 59.0 Å². The monoisotopic (exact) mass is 406 g/mol. The first-order valence-electron chi connectivity index (χ1n) is 9.46. The van der Waals surface area contributed by atoms with E-state index in [1.54, 1.807) is 14.2 Å². The standard InChI is InChI=1S/C27H18O4/c1-4-19-13-22(7-5-20-9-11-24(28-2)26(16-20)29-3)15-23(14-19)8-6-21-10-12-25-27(17-21)31-18-30-25/h1,9-17H,18H2,2-3H3. The molecule has 1 aliphatic heterocycles. The fraction of sp³-hybridized carbons (Fsp3) is 0.111. The van der Waals surface area contributed by atoms with E-state index in [4.69, 9.17) is 25.4 Å². The first-order chi connectivity index (χ1) is 15.2. The Balaban J connectivity index is 1.63. The molecular weight excluding hydrogens is 388 g/mol. The summed E-state index contributed by atoms with van der Waals surface area (Å²) >= 11 is 0. The highest BCUT2D eigenvalue weighted by molar-refractivity contribution is 5.56. The van der Waals surface area contributed by atoms with Crippen molar-refractivity contribution in [1.29, 1.82) is 0 Å². The summed E-state index contributed by atoms with van der Waals surface area (Å²) in [6, 6.07) is 16.8. The fourth-order valence-corrected chi connectivity index (χ4v) is 3.03. The molecule has 3 aromatic carbocycles. The predicted molar refractivity (Wildman–Crippen MR) is 118 cm³/mol. The number of methoxy groups -OCH3 is 2. The van der Waals surface area contributed by atoms with E-state index in [1.165, 1.54) is 0 Å². The van der Waals surface area contributed by atoms with Gasteiger partial charge in [-0.15, -0.1) is 6.42 Å². The minimum Gasteiger partial charge on any atom is -0.493 e. The van der Waals surface area contributed by atoms with Crippen molar-refractivity contribution in [2.75, 3.05) is 21.0 Å². The Kier molecular flexibility index (Phi) is 5.70. The van der Waals surface area contributed by atoms with Crippen LogP contribution in [-0.4, -0.2) is 21.0 Å². The Bertz CT molecular complexity index is 1310. The molecule has 4 heteroatoms. The van der Waals surface area contributed by atoms with Crippen molar-refractivity contribution >= 4 is 0 Å². The summed E-state index contributed by atoms with van der Waals surface area (Å²) in [5, 5.41) is 0. The van der Waals surface area contributed by atoms with Gasteiger partial charge in [-0.25, -0.2) is 0 Å². The Labute approximate surface area is 181 Å². The van der Waals surface area contributed by atoms with Crippen LogP contribution in [0.25, 0.3) is 0 Å². The van der Waals surface area contributed by atoms with Gasteiger partial charge in [-0.1, -0.05) is 29.6 Å². The van der Waals surface area contributed by atoms with Gasteiger partial charge in [0.15, 0.2) is 23.0 Å². The normalized spacial score (nSPS) is 10.7. The lowest BCUT2D eigenvalue weighted by atomic mass is 10.1. The van der Waals surface area contributed by atoms with E-state index in [0.717, 1.165) is 28.0 Å². The molecule has 4 rings (SSSR count). The smallest absolute Gasteiger partial charge is 0.231 e. The maximum Gasteiger partial charge on any atom is 0.231 e. The first-order valence-corrected chi connectivity index (χ1v) is 9.46. The molecule has 0 amide bonds. The number of hydrogen-bond donors (Lipinski definition) is 0. The van der Waals surface area contributed by atoms with Crippen molar-refractivity contribution < 1.29 is 18.9 Å². The summed E-state index contributed by atoms with van der Waals surface area (Å²) in [6.45, 7) is 0.235. The molecule has 0 spiro atoms. The molecule has 0 aliphatic carbocycles. The Hall–Kier alpha value is -4.46. The zero-order valence-electron chi connectivity index (χ0n) is 17.1. The molecule has 0 aromatic heterocycles. The molecular formula is C27H18O4. The largest absolute Gasteiger partial charge is 0.493 e. The third-order valence-corrected chi connectivity index (χ3v) is 4.56. The van der Waals surface area contributed by atoms with Crippen LogP contribution in [-0.2, 0) is 0 Å². The van der Waals surface area contributed by atoms with Crippen molar-refractivity contribution in [2.45, 2.75) is 0 Å². The molecule has 0 atom stereocenters. The second-order valence-corrected chi connectivity index (χ2v) is 6.58. The number of rotatable bonds is 2. The van der Waals surface area contributed by atoms with Crippen molar-refractivity contribution in [3.05, 3.63) is 82.4 Å². The molecule has 0 saturated carbocycles. The lowest BCUT2D eigenvalue weighted by Crippen LogP contribution is -1.92. The van der Waals surface area contributed by atoms with Crippen LogP contribution in [0.3, 0.4) is 0 Å². The van der Waals surface area contributed by atoms with Crippen LogP contribution >= 0.6 is 0 Å². The van der Waals surface area contributed by atoms with Crippen LogP contribution < -0.4 is 18.9 Å². The minimum atomic E-state index is 0.235. The molecule has 4 nitrogen and oxygen atoms in total. The van der Waals surface area contributed by atoms with Gasteiger partial charge < -0.3 is 18.9 Å². The Morgan fingerprint density at radius 1 is 0.645 bits per heavy atom. The van der Waals surface area contributed by atoms with E-state index in [0.29, 0.717) is 22.8 Å². The van der Waals surface area contributed by atoms with E-state index in [9.17, 15) is 0 Å². The molecule has 1 heterocycles. The maximum absolute atomic E-state index is 5.63. The molecule has 150 valence electrons. The molecule has 1 aliphatic rings. The molecule has 0 bridgehead atoms. The van der Waals surface area contributed by atoms with Gasteiger partial charge in [0.2, 0.25) is 6.79 Å². The van der Waals surface area contributed by atoms with Crippen molar-refractivity contribution in [3.63, 3.8) is 0 Å².